The fourth-order valence-corrected chi connectivity index (χ4v) is 2.38. The molecule has 0 aliphatic heterocycles. The largest absolute Gasteiger partial charge is 0.495 e. The van der Waals surface area contributed by atoms with Gasteiger partial charge in [-0.2, -0.15) is 5.10 Å². The molecule has 3 rings (SSSR count). The minimum Gasteiger partial charge on any atom is -0.495 e. The lowest BCUT2D eigenvalue weighted by molar-refractivity contribution is 0.416. The van der Waals surface area contributed by atoms with Crippen LogP contribution in [0.15, 0.2) is 36.8 Å². The molecule has 0 amide bonds. The van der Waals surface area contributed by atoms with Crippen molar-refractivity contribution in [3.05, 3.63) is 47.9 Å². The summed E-state index contributed by atoms with van der Waals surface area (Å²) in [5.74, 6) is 1.08. The summed E-state index contributed by atoms with van der Waals surface area (Å²) in [5.41, 5.74) is 2.22. The summed E-state index contributed by atoms with van der Waals surface area (Å²) >= 11 is 6.26. The molecule has 0 saturated heterocycles. The van der Waals surface area contributed by atoms with E-state index in [0.717, 1.165) is 11.3 Å². The van der Waals surface area contributed by atoms with E-state index >= 15 is 0 Å². The molecule has 2 heterocycles. The summed E-state index contributed by atoms with van der Waals surface area (Å²) in [6.45, 7) is 4.12. The first-order valence-corrected chi connectivity index (χ1v) is 7.84. The number of anilines is 2. The molecule has 0 spiro atoms. The minimum absolute atomic E-state index is 0.266. The molecule has 0 unspecified atom stereocenters. The van der Waals surface area contributed by atoms with Crippen molar-refractivity contribution in [3.63, 3.8) is 0 Å². The SMILES string of the molecule is COc1c[c]ccc1Nc1ncc(Cl)c(-c2cnn(C(C)C)c2)n1. The summed E-state index contributed by atoms with van der Waals surface area (Å²) < 4.78 is 7.16. The number of ether oxygens (including phenoxy) is 1. The molecule has 1 N–H and O–H groups in total. The first-order chi connectivity index (χ1) is 11.6. The van der Waals surface area contributed by atoms with E-state index in [4.69, 9.17) is 16.3 Å². The highest BCUT2D eigenvalue weighted by Gasteiger charge is 2.12. The fraction of sp³-hybridized carbons (Fsp3) is 0.235. The van der Waals surface area contributed by atoms with Crippen LogP contribution in [0.3, 0.4) is 0 Å². The van der Waals surface area contributed by atoms with Crippen LogP contribution >= 0.6 is 11.6 Å². The Hall–Kier alpha value is -2.60. The third kappa shape index (κ3) is 3.33. The Morgan fingerprint density at radius 3 is 2.88 bits per heavy atom. The van der Waals surface area contributed by atoms with Crippen LogP contribution in [-0.2, 0) is 0 Å². The van der Waals surface area contributed by atoms with Crippen molar-refractivity contribution < 1.29 is 4.74 Å². The van der Waals surface area contributed by atoms with E-state index in [9.17, 15) is 0 Å². The molecule has 6 nitrogen and oxygen atoms in total. The van der Waals surface area contributed by atoms with Gasteiger partial charge in [-0.1, -0.05) is 17.7 Å². The standard InChI is InChI=1S/C17H17ClN5O/c1-11(2)23-10-12(8-20-23)16-13(18)9-19-17(22-16)21-14-6-4-5-7-15(14)24-3/h4,6-11H,1-3H3,(H,19,21,22). The molecule has 1 radical (unpaired) electrons. The second-order valence-electron chi connectivity index (χ2n) is 5.44. The molecule has 7 heteroatoms. The molecular weight excluding hydrogens is 326 g/mol. The molecule has 0 saturated carbocycles. The smallest absolute Gasteiger partial charge is 0.227 e. The Labute approximate surface area is 145 Å². The highest BCUT2D eigenvalue weighted by atomic mass is 35.5. The highest BCUT2D eigenvalue weighted by molar-refractivity contribution is 6.32. The maximum atomic E-state index is 6.26. The van der Waals surface area contributed by atoms with Crippen molar-refractivity contribution in [1.29, 1.82) is 0 Å². The maximum absolute atomic E-state index is 6.26. The first kappa shape index (κ1) is 16.3. The molecule has 24 heavy (non-hydrogen) atoms. The Bertz CT molecular complexity index is 847. The van der Waals surface area contributed by atoms with Crippen LogP contribution < -0.4 is 10.1 Å². The minimum atomic E-state index is 0.266. The average Bonchev–Trinajstić information content (AvgIpc) is 3.07. The van der Waals surface area contributed by atoms with E-state index in [1.54, 1.807) is 31.6 Å². The number of nitrogens with one attached hydrogen (secondary N) is 1. The normalized spacial score (nSPS) is 10.9. The summed E-state index contributed by atoms with van der Waals surface area (Å²) in [6, 6.07) is 8.59. The Morgan fingerprint density at radius 2 is 2.17 bits per heavy atom. The van der Waals surface area contributed by atoms with Gasteiger partial charge in [0.15, 0.2) is 0 Å². The van der Waals surface area contributed by atoms with Gasteiger partial charge in [0.1, 0.15) is 5.75 Å². The van der Waals surface area contributed by atoms with Gasteiger partial charge in [0.25, 0.3) is 0 Å². The summed E-state index contributed by atoms with van der Waals surface area (Å²) in [7, 11) is 1.60. The molecule has 0 fully saturated rings. The molecule has 0 bridgehead atoms. The van der Waals surface area contributed by atoms with Gasteiger partial charge in [-0.25, -0.2) is 9.97 Å². The van der Waals surface area contributed by atoms with Gasteiger partial charge in [-0.05, 0) is 32.0 Å². The third-order valence-corrected chi connectivity index (χ3v) is 3.72. The highest BCUT2D eigenvalue weighted by Crippen LogP contribution is 2.29. The zero-order valence-electron chi connectivity index (χ0n) is 13.6. The second-order valence-corrected chi connectivity index (χ2v) is 5.85. The molecule has 0 atom stereocenters. The average molecular weight is 343 g/mol. The van der Waals surface area contributed by atoms with Crippen molar-refractivity contribution in [2.45, 2.75) is 19.9 Å². The van der Waals surface area contributed by atoms with E-state index < -0.39 is 0 Å². The second kappa shape index (κ2) is 6.88. The van der Waals surface area contributed by atoms with Crippen LogP contribution in [0.1, 0.15) is 19.9 Å². The predicted molar refractivity (Wildman–Crippen MR) is 93.8 cm³/mol. The summed E-state index contributed by atoms with van der Waals surface area (Å²) in [5, 5.41) is 7.93. The zero-order valence-corrected chi connectivity index (χ0v) is 14.4. The van der Waals surface area contributed by atoms with Gasteiger partial charge < -0.3 is 10.1 Å². The Morgan fingerprint density at radius 1 is 1.33 bits per heavy atom. The van der Waals surface area contributed by atoms with Gasteiger partial charge in [-0.15, -0.1) is 0 Å². The van der Waals surface area contributed by atoms with Crippen LogP contribution in [0.5, 0.6) is 5.75 Å². The monoisotopic (exact) mass is 342 g/mol. The first-order valence-electron chi connectivity index (χ1n) is 7.46. The number of rotatable bonds is 5. The van der Waals surface area contributed by atoms with E-state index in [1.165, 1.54) is 0 Å². The van der Waals surface area contributed by atoms with Crippen molar-refractivity contribution >= 4 is 23.2 Å². The van der Waals surface area contributed by atoms with Crippen molar-refractivity contribution in [2.24, 2.45) is 0 Å². The molecule has 0 aliphatic rings. The number of hydrogen-bond acceptors (Lipinski definition) is 5. The summed E-state index contributed by atoms with van der Waals surface area (Å²) in [6.07, 6.45) is 5.23. The van der Waals surface area contributed by atoms with Crippen molar-refractivity contribution in [2.75, 3.05) is 12.4 Å². The molecule has 1 aromatic carbocycles. The lowest BCUT2D eigenvalue weighted by Crippen LogP contribution is -2.01. The van der Waals surface area contributed by atoms with Crippen molar-refractivity contribution in [3.8, 4) is 17.0 Å². The van der Waals surface area contributed by atoms with Gasteiger partial charge >= 0.3 is 0 Å². The molecular formula is C17H17ClN5O. The number of nitrogens with zero attached hydrogens (tertiary/aromatic N) is 4. The Balaban J connectivity index is 1.94. The summed E-state index contributed by atoms with van der Waals surface area (Å²) in [4.78, 5) is 8.74. The molecule has 2 aromatic heterocycles. The number of benzene rings is 1. The fourth-order valence-electron chi connectivity index (χ4n) is 2.18. The zero-order chi connectivity index (χ0) is 17.1. The van der Waals surface area contributed by atoms with Gasteiger partial charge in [0, 0.05) is 17.8 Å². The number of hydrogen-bond donors (Lipinski definition) is 1. The third-order valence-electron chi connectivity index (χ3n) is 3.44. The lowest BCUT2D eigenvalue weighted by atomic mass is 10.2. The van der Waals surface area contributed by atoms with Crippen molar-refractivity contribution in [1.82, 2.24) is 19.7 Å². The van der Waals surface area contributed by atoms with Crippen LogP contribution in [0.2, 0.25) is 5.02 Å². The quantitative estimate of drug-likeness (QED) is 0.755. The van der Waals surface area contributed by atoms with Crippen LogP contribution in [0.4, 0.5) is 11.6 Å². The maximum Gasteiger partial charge on any atom is 0.227 e. The molecule has 123 valence electrons. The van der Waals surface area contributed by atoms with Gasteiger partial charge in [0.05, 0.1) is 35.9 Å². The van der Waals surface area contributed by atoms with Crippen LogP contribution in [0, 0.1) is 6.07 Å². The number of aromatic nitrogens is 4. The lowest BCUT2D eigenvalue weighted by Gasteiger charge is -2.10. The number of halogens is 1. The molecule has 3 aromatic rings. The van der Waals surface area contributed by atoms with E-state index in [0.29, 0.717) is 22.4 Å². The topological polar surface area (TPSA) is 64.9 Å². The van der Waals surface area contributed by atoms with Gasteiger partial charge in [-0.3, -0.25) is 4.68 Å². The predicted octanol–water partition coefficient (Wildman–Crippen LogP) is 4.13. The Kier molecular flexibility index (Phi) is 4.66. The van der Waals surface area contributed by atoms with E-state index in [2.05, 4.69) is 40.3 Å². The van der Waals surface area contributed by atoms with E-state index in [-0.39, 0.29) is 6.04 Å². The van der Waals surface area contributed by atoms with E-state index in [1.807, 2.05) is 16.9 Å². The molecule has 0 aliphatic carbocycles. The van der Waals surface area contributed by atoms with Crippen LogP contribution in [-0.4, -0.2) is 26.9 Å². The van der Waals surface area contributed by atoms with Crippen LogP contribution in [0.25, 0.3) is 11.3 Å². The number of methoxy groups -OCH3 is 1. The van der Waals surface area contributed by atoms with Gasteiger partial charge in [0.2, 0.25) is 5.95 Å².